The van der Waals surface area contributed by atoms with E-state index in [1.165, 1.54) is 4.57 Å². The molecule has 0 unspecified atom stereocenters. The van der Waals surface area contributed by atoms with E-state index < -0.39 is 11.2 Å². The van der Waals surface area contributed by atoms with E-state index in [9.17, 15) is 9.59 Å². The number of aromatic amines is 2. The Morgan fingerprint density at radius 2 is 2.12 bits per heavy atom. The summed E-state index contributed by atoms with van der Waals surface area (Å²) in [6, 6.07) is 0. The normalized spacial score (nSPS) is 11.2. The Morgan fingerprint density at radius 3 is 2.76 bits per heavy atom. The maximum atomic E-state index is 11.6. The van der Waals surface area contributed by atoms with Crippen LogP contribution in [0.15, 0.2) is 9.59 Å². The van der Waals surface area contributed by atoms with E-state index in [4.69, 9.17) is 0 Å². The smallest absolute Gasteiger partial charge is 0.330 e. The number of fused-ring (bicyclic) bond motifs is 1. The highest BCUT2D eigenvalue weighted by molar-refractivity contribution is 7.98. The van der Waals surface area contributed by atoms with Gasteiger partial charge in [0.15, 0.2) is 5.65 Å². The number of aryl methyl sites for hydroxylation is 2. The van der Waals surface area contributed by atoms with Crippen LogP contribution in [0.5, 0.6) is 0 Å². The van der Waals surface area contributed by atoms with Crippen LogP contribution in [-0.2, 0) is 13.0 Å². The minimum atomic E-state index is -0.409. The fourth-order valence-corrected chi connectivity index (χ4v) is 2.10. The fraction of sp³-hybridized carbons (Fsp3) is 0.500. The summed E-state index contributed by atoms with van der Waals surface area (Å²) in [7, 11) is 0. The molecule has 6 nitrogen and oxygen atoms in total. The monoisotopic (exact) mass is 254 g/mol. The van der Waals surface area contributed by atoms with Gasteiger partial charge in [-0.1, -0.05) is 0 Å². The van der Waals surface area contributed by atoms with Gasteiger partial charge in [-0.15, -0.1) is 0 Å². The van der Waals surface area contributed by atoms with Gasteiger partial charge >= 0.3 is 5.69 Å². The van der Waals surface area contributed by atoms with Crippen molar-refractivity contribution in [1.29, 1.82) is 0 Å². The molecule has 0 aromatic carbocycles. The first-order valence-electron chi connectivity index (χ1n) is 5.38. The van der Waals surface area contributed by atoms with Crippen LogP contribution in [0.2, 0.25) is 0 Å². The summed E-state index contributed by atoms with van der Waals surface area (Å²) >= 11 is 1.71. The second-order valence-electron chi connectivity index (χ2n) is 3.63. The van der Waals surface area contributed by atoms with Gasteiger partial charge in [-0.2, -0.15) is 11.8 Å². The van der Waals surface area contributed by atoms with Gasteiger partial charge in [0, 0.05) is 18.7 Å². The Kier molecular flexibility index (Phi) is 3.37. The van der Waals surface area contributed by atoms with Crippen LogP contribution in [0.3, 0.4) is 0 Å². The number of imidazole rings is 1. The highest BCUT2D eigenvalue weighted by Gasteiger charge is 2.11. The quantitative estimate of drug-likeness (QED) is 0.824. The summed E-state index contributed by atoms with van der Waals surface area (Å²) < 4.78 is 1.45. The number of thioether (sulfide) groups is 1. The molecule has 0 aliphatic heterocycles. The Labute approximate surface area is 101 Å². The standard InChI is InChI=1S/C10H14N4O2S/c1-3-14-8-7(9(15)13-10(14)16)11-6(12-8)4-5-17-2/h3-5H2,1-2H3,(H,11,12)(H,13,15,16). The zero-order valence-corrected chi connectivity index (χ0v) is 10.6. The van der Waals surface area contributed by atoms with Crippen molar-refractivity contribution < 1.29 is 0 Å². The molecular weight excluding hydrogens is 240 g/mol. The average Bonchev–Trinajstić information content (AvgIpc) is 2.71. The molecule has 0 spiro atoms. The summed E-state index contributed by atoms with van der Waals surface area (Å²) in [5.41, 5.74) is 0.00502. The van der Waals surface area contributed by atoms with Gasteiger partial charge < -0.3 is 4.98 Å². The molecule has 0 radical (unpaired) electrons. The third-order valence-electron chi connectivity index (χ3n) is 2.54. The molecule has 7 heteroatoms. The molecule has 0 saturated heterocycles. The first-order valence-corrected chi connectivity index (χ1v) is 6.77. The Hall–Kier alpha value is -1.50. The maximum Gasteiger partial charge on any atom is 0.330 e. The van der Waals surface area contributed by atoms with Crippen molar-refractivity contribution in [3.63, 3.8) is 0 Å². The number of H-pyrrole nitrogens is 2. The van der Waals surface area contributed by atoms with Gasteiger partial charge in [0.05, 0.1) is 0 Å². The molecule has 0 atom stereocenters. The molecule has 0 amide bonds. The molecule has 2 rings (SSSR count). The van der Waals surface area contributed by atoms with Gasteiger partial charge in [0.1, 0.15) is 11.3 Å². The molecule has 0 saturated carbocycles. The molecule has 0 fully saturated rings. The predicted molar refractivity (Wildman–Crippen MR) is 68.7 cm³/mol. The molecule has 2 aromatic rings. The van der Waals surface area contributed by atoms with E-state index in [2.05, 4.69) is 15.0 Å². The molecule has 2 heterocycles. The van der Waals surface area contributed by atoms with E-state index in [-0.39, 0.29) is 0 Å². The second kappa shape index (κ2) is 4.79. The Balaban J connectivity index is 2.62. The van der Waals surface area contributed by atoms with Crippen molar-refractivity contribution in [2.45, 2.75) is 19.9 Å². The average molecular weight is 254 g/mol. The van der Waals surface area contributed by atoms with Gasteiger partial charge in [-0.25, -0.2) is 9.78 Å². The summed E-state index contributed by atoms with van der Waals surface area (Å²) in [5.74, 6) is 1.67. The van der Waals surface area contributed by atoms with Crippen molar-refractivity contribution in [1.82, 2.24) is 19.5 Å². The summed E-state index contributed by atoms with van der Waals surface area (Å²) in [4.78, 5) is 32.7. The number of aromatic nitrogens is 4. The van der Waals surface area contributed by atoms with Gasteiger partial charge in [-0.3, -0.25) is 14.3 Å². The Morgan fingerprint density at radius 1 is 1.35 bits per heavy atom. The van der Waals surface area contributed by atoms with Crippen molar-refractivity contribution in [2.24, 2.45) is 0 Å². The number of hydrogen-bond donors (Lipinski definition) is 2. The lowest BCUT2D eigenvalue weighted by Gasteiger charge is -1.99. The topological polar surface area (TPSA) is 83.5 Å². The van der Waals surface area contributed by atoms with E-state index in [0.29, 0.717) is 17.7 Å². The van der Waals surface area contributed by atoms with E-state index in [1.807, 2.05) is 13.2 Å². The summed E-state index contributed by atoms with van der Waals surface area (Å²) in [6.07, 6.45) is 2.77. The summed E-state index contributed by atoms with van der Waals surface area (Å²) in [6.45, 7) is 2.33. The zero-order valence-electron chi connectivity index (χ0n) is 9.74. The number of nitrogens with one attached hydrogen (secondary N) is 2. The molecule has 0 aliphatic rings. The van der Waals surface area contributed by atoms with Crippen LogP contribution < -0.4 is 11.2 Å². The molecular formula is C10H14N4O2S. The minimum Gasteiger partial charge on any atom is -0.336 e. The number of nitrogens with zero attached hydrogens (tertiary/aromatic N) is 2. The summed E-state index contributed by atoms with van der Waals surface area (Å²) in [5, 5.41) is 0. The molecule has 2 N–H and O–H groups in total. The van der Waals surface area contributed by atoms with Crippen molar-refractivity contribution >= 4 is 22.9 Å². The molecule has 0 aliphatic carbocycles. The molecule has 2 aromatic heterocycles. The highest BCUT2D eigenvalue weighted by atomic mass is 32.2. The van der Waals surface area contributed by atoms with Crippen LogP contribution >= 0.6 is 11.8 Å². The van der Waals surface area contributed by atoms with Crippen molar-refractivity contribution in [3.05, 3.63) is 26.7 Å². The van der Waals surface area contributed by atoms with Crippen molar-refractivity contribution in [3.8, 4) is 0 Å². The van der Waals surface area contributed by atoms with Crippen LogP contribution in [0.25, 0.3) is 11.2 Å². The van der Waals surface area contributed by atoms with Crippen LogP contribution in [0, 0.1) is 0 Å². The third-order valence-corrected chi connectivity index (χ3v) is 3.15. The minimum absolute atomic E-state index is 0.377. The zero-order chi connectivity index (χ0) is 12.4. The van der Waals surface area contributed by atoms with Gasteiger partial charge in [-0.05, 0) is 13.2 Å². The predicted octanol–water partition coefficient (Wildman–Crippen LogP) is 0.338. The molecule has 92 valence electrons. The lowest BCUT2D eigenvalue weighted by Crippen LogP contribution is -2.29. The fourth-order valence-electron chi connectivity index (χ4n) is 1.70. The van der Waals surface area contributed by atoms with E-state index in [0.717, 1.165) is 18.0 Å². The highest BCUT2D eigenvalue weighted by Crippen LogP contribution is 2.07. The lowest BCUT2D eigenvalue weighted by atomic mass is 10.5. The SMILES string of the molecule is CCn1c(=O)[nH]c(=O)c2[nH]c(CCSC)nc21. The van der Waals surface area contributed by atoms with Crippen LogP contribution in [0.1, 0.15) is 12.7 Å². The Bertz CT molecular complexity index is 640. The first kappa shape index (κ1) is 12.0. The maximum absolute atomic E-state index is 11.6. The van der Waals surface area contributed by atoms with Crippen LogP contribution in [-0.4, -0.2) is 31.5 Å². The second-order valence-corrected chi connectivity index (χ2v) is 4.61. The van der Waals surface area contributed by atoms with E-state index >= 15 is 0 Å². The van der Waals surface area contributed by atoms with E-state index in [1.54, 1.807) is 11.8 Å². The van der Waals surface area contributed by atoms with Crippen molar-refractivity contribution in [2.75, 3.05) is 12.0 Å². The molecule has 0 bridgehead atoms. The first-order chi connectivity index (χ1) is 8.17. The molecule has 17 heavy (non-hydrogen) atoms. The lowest BCUT2D eigenvalue weighted by molar-refractivity contribution is 0.719. The van der Waals surface area contributed by atoms with Gasteiger partial charge in [0.25, 0.3) is 5.56 Å². The van der Waals surface area contributed by atoms with Crippen LogP contribution in [0.4, 0.5) is 0 Å². The number of hydrogen-bond acceptors (Lipinski definition) is 4. The third kappa shape index (κ3) is 2.14. The van der Waals surface area contributed by atoms with Gasteiger partial charge in [0.2, 0.25) is 0 Å². The number of rotatable bonds is 4. The largest absolute Gasteiger partial charge is 0.336 e.